The Morgan fingerprint density at radius 3 is 2.71 bits per heavy atom. The molecule has 0 aliphatic heterocycles. The first-order valence-electron chi connectivity index (χ1n) is 5.91. The van der Waals surface area contributed by atoms with Crippen LogP contribution in [0, 0.1) is 0 Å². The van der Waals surface area contributed by atoms with Crippen molar-refractivity contribution in [3.05, 3.63) is 24.3 Å². The largest absolute Gasteiger partial charge is 0.495 e. The van der Waals surface area contributed by atoms with Gasteiger partial charge in [0.05, 0.1) is 19.4 Å². The number of para-hydroxylation sites is 2. The second-order valence-electron chi connectivity index (χ2n) is 3.99. The zero-order chi connectivity index (χ0) is 12.7. The van der Waals surface area contributed by atoms with Crippen LogP contribution in [0.4, 0.5) is 5.69 Å². The molecule has 0 saturated carbocycles. The van der Waals surface area contributed by atoms with Gasteiger partial charge in [0.1, 0.15) is 5.75 Å². The fraction of sp³-hybridized carbons (Fsp3) is 0.538. The predicted octanol–water partition coefficient (Wildman–Crippen LogP) is 1.10. The smallest absolute Gasteiger partial charge is 0.142 e. The number of nitrogens with zero attached hydrogens (tertiary/aromatic N) is 1. The van der Waals surface area contributed by atoms with Crippen LogP contribution in [0.2, 0.25) is 0 Å². The number of hydrogen-bond donors (Lipinski definition) is 2. The summed E-state index contributed by atoms with van der Waals surface area (Å²) in [6, 6.07) is 7.96. The molecule has 1 rings (SSSR count). The van der Waals surface area contributed by atoms with E-state index in [0.717, 1.165) is 24.5 Å². The quantitative estimate of drug-likeness (QED) is 0.747. The number of rotatable bonds is 7. The van der Waals surface area contributed by atoms with Crippen LogP contribution < -0.4 is 15.0 Å². The van der Waals surface area contributed by atoms with Gasteiger partial charge in [-0.2, -0.15) is 0 Å². The molecular formula is C13H22N2O2. The van der Waals surface area contributed by atoms with E-state index in [9.17, 15) is 5.11 Å². The molecule has 1 atom stereocenters. The molecule has 0 radical (unpaired) electrons. The molecule has 4 heteroatoms. The van der Waals surface area contributed by atoms with Gasteiger partial charge in [-0.3, -0.25) is 0 Å². The predicted molar refractivity (Wildman–Crippen MR) is 70.8 cm³/mol. The lowest BCUT2D eigenvalue weighted by Crippen LogP contribution is -2.42. The highest BCUT2D eigenvalue weighted by Crippen LogP contribution is 2.26. The third kappa shape index (κ3) is 3.91. The average molecular weight is 238 g/mol. The lowest BCUT2D eigenvalue weighted by atomic mass is 10.2. The minimum absolute atomic E-state index is 0.0786. The van der Waals surface area contributed by atoms with Crippen molar-refractivity contribution in [2.45, 2.75) is 13.0 Å². The van der Waals surface area contributed by atoms with Crippen molar-refractivity contribution in [2.24, 2.45) is 0 Å². The van der Waals surface area contributed by atoms with Crippen molar-refractivity contribution < 1.29 is 9.84 Å². The summed E-state index contributed by atoms with van der Waals surface area (Å²) in [4.78, 5) is 2.09. The topological polar surface area (TPSA) is 44.7 Å². The molecule has 0 amide bonds. The van der Waals surface area contributed by atoms with Crippen molar-refractivity contribution in [1.82, 2.24) is 5.32 Å². The molecular weight excluding hydrogens is 216 g/mol. The lowest BCUT2D eigenvalue weighted by Gasteiger charge is -2.26. The minimum atomic E-state index is 0.0786. The van der Waals surface area contributed by atoms with Gasteiger partial charge < -0.3 is 20.1 Å². The van der Waals surface area contributed by atoms with E-state index in [2.05, 4.69) is 10.2 Å². The standard InChI is InChI=1S/C13H22N2O2/c1-4-14-11(10-16)9-15(2)12-7-5-6-8-13(12)17-3/h5-8,11,14,16H,4,9-10H2,1-3H3. The van der Waals surface area contributed by atoms with E-state index >= 15 is 0 Å². The molecule has 0 bridgehead atoms. The van der Waals surface area contributed by atoms with Gasteiger partial charge in [0.15, 0.2) is 0 Å². The summed E-state index contributed by atoms with van der Waals surface area (Å²) in [5.74, 6) is 0.850. The highest BCUT2D eigenvalue weighted by Gasteiger charge is 2.12. The van der Waals surface area contributed by atoms with Gasteiger partial charge in [-0.1, -0.05) is 19.1 Å². The Morgan fingerprint density at radius 2 is 2.12 bits per heavy atom. The van der Waals surface area contributed by atoms with Gasteiger partial charge in [-0.05, 0) is 18.7 Å². The molecule has 1 aromatic rings. The van der Waals surface area contributed by atoms with E-state index < -0.39 is 0 Å². The Bertz CT molecular complexity index is 331. The maximum atomic E-state index is 9.26. The van der Waals surface area contributed by atoms with Gasteiger partial charge >= 0.3 is 0 Å². The first kappa shape index (κ1) is 13.8. The molecule has 0 saturated heterocycles. The fourth-order valence-electron chi connectivity index (χ4n) is 1.85. The van der Waals surface area contributed by atoms with Crippen LogP contribution in [0.25, 0.3) is 0 Å². The Kier molecular flexibility index (Phi) is 5.80. The maximum Gasteiger partial charge on any atom is 0.142 e. The Hall–Kier alpha value is -1.26. The van der Waals surface area contributed by atoms with E-state index in [1.165, 1.54) is 0 Å². The lowest BCUT2D eigenvalue weighted by molar-refractivity contribution is 0.246. The molecule has 1 aromatic carbocycles. The van der Waals surface area contributed by atoms with E-state index in [1.54, 1.807) is 7.11 Å². The Morgan fingerprint density at radius 1 is 1.41 bits per heavy atom. The van der Waals surface area contributed by atoms with Crippen LogP contribution in [-0.4, -0.2) is 45.0 Å². The van der Waals surface area contributed by atoms with E-state index in [1.807, 2.05) is 38.2 Å². The third-order valence-corrected chi connectivity index (χ3v) is 2.70. The van der Waals surface area contributed by atoms with Crippen molar-refractivity contribution in [1.29, 1.82) is 0 Å². The zero-order valence-electron chi connectivity index (χ0n) is 10.8. The number of aliphatic hydroxyl groups excluding tert-OH is 1. The number of ether oxygens (including phenoxy) is 1. The van der Waals surface area contributed by atoms with Crippen LogP contribution in [-0.2, 0) is 0 Å². The summed E-state index contributed by atoms with van der Waals surface area (Å²) in [5, 5.41) is 12.5. The summed E-state index contributed by atoms with van der Waals surface area (Å²) < 4.78 is 5.32. The molecule has 0 spiro atoms. The normalized spacial score (nSPS) is 12.2. The second kappa shape index (κ2) is 7.14. The molecule has 17 heavy (non-hydrogen) atoms. The number of methoxy groups -OCH3 is 1. The van der Waals surface area contributed by atoms with Crippen molar-refractivity contribution in [3.8, 4) is 5.75 Å². The average Bonchev–Trinajstić information content (AvgIpc) is 2.38. The number of aliphatic hydroxyl groups is 1. The first-order valence-corrected chi connectivity index (χ1v) is 5.91. The number of nitrogens with one attached hydrogen (secondary N) is 1. The summed E-state index contributed by atoms with van der Waals surface area (Å²) in [7, 11) is 3.67. The summed E-state index contributed by atoms with van der Waals surface area (Å²) in [5.41, 5.74) is 1.03. The molecule has 0 heterocycles. The zero-order valence-corrected chi connectivity index (χ0v) is 10.8. The summed E-state index contributed by atoms with van der Waals surface area (Å²) >= 11 is 0. The molecule has 0 aromatic heterocycles. The van der Waals surface area contributed by atoms with Crippen molar-refractivity contribution in [3.63, 3.8) is 0 Å². The van der Waals surface area contributed by atoms with Crippen molar-refractivity contribution >= 4 is 5.69 Å². The number of hydrogen-bond acceptors (Lipinski definition) is 4. The molecule has 2 N–H and O–H groups in total. The number of anilines is 1. The second-order valence-corrected chi connectivity index (χ2v) is 3.99. The van der Waals surface area contributed by atoms with E-state index in [4.69, 9.17) is 4.74 Å². The molecule has 96 valence electrons. The van der Waals surface area contributed by atoms with E-state index in [0.29, 0.717) is 0 Å². The molecule has 0 aliphatic rings. The van der Waals surface area contributed by atoms with Gasteiger partial charge in [-0.25, -0.2) is 0 Å². The third-order valence-electron chi connectivity index (χ3n) is 2.70. The monoisotopic (exact) mass is 238 g/mol. The highest BCUT2D eigenvalue weighted by atomic mass is 16.5. The fourth-order valence-corrected chi connectivity index (χ4v) is 1.85. The molecule has 0 aliphatic carbocycles. The van der Waals surface area contributed by atoms with E-state index in [-0.39, 0.29) is 12.6 Å². The highest BCUT2D eigenvalue weighted by molar-refractivity contribution is 5.57. The van der Waals surface area contributed by atoms with Gasteiger partial charge in [-0.15, -0.1) is 0 Å². The SMILES string of the molecule is CCNC(CO)CN(C)c1ccccc1OC. The minimum Gasteiger partial charge on any atom is -0.495 e. The summed E-state index contributed by atoms with van der Waals surface area (Å²) in [6.45, 7) is 3.76. The van der Waals surface area contributed by atoms with Crippen LogP contribution >= 0.6 is 0 Å². The number of benzene rings is 1. The summed E-state index contributed by atoms with van der Waals surface area (Å²) in [6.07, 6.45) is 0. The molecule has 1 unspecified atom stereocenters. The van der Waals surface area contributed by atoms with Crippen LogP contribution in [0.15, 0.2) is 24.3 Å². The van der Waals surface area contributed by atoms with Crippen LogP contribution in [0.3, 0.4) is 0 Å². The Balaban J connectivity index is 2.71. The van der Waals surface area contributed by atoms with Crippen LogP contribution in [0.1, 0.15) is 6.92 Å². The molecule has 0 fully saturated rings. The number of likely N-dealkylation sites (N-methyl/N-ethyl adjacent to an activating group) is 2. The molecule has 4 nitrogen and oxygen atoms in total. The Labute approximate surface area is 103 Å². The van der Waals surface area contributed by atoms with Crippen LogP contribution in [0.5, 0.6) is 5.75 Å². The maximum absolute atomic E-state index is 9.26. The van der Waals surface area contributed by atoms with Gasteiger partial charge in [0.25, 0.3) is 0 Å². The van der Waals surface area contributed by atoms with Crippen molar-refractivity contribution in [2.75, 3.05) is 38.8 Å². The first-order chi connectivity index (χ1) is 8.22. The van der Waals surface area contributed by atoms with Gasteiger partial charge in [0.2, 0.25) is 0 Å². The van der Waals surface area contributed by atoms with Gasteiger partial charge in [0, 0.05) is 19.6 Å².